The van der Waals surface area contributed by atoms with Gasteiger partial charge in [-0.2, -0.15) is 5.10 Å². The van der Waals surface area contributed by atoms with Crippen LogP contribution in [0.25, 0.3) is 10.9 Å². The summed E-state index contributed by atoms with van der Waals surface area (Å²) in [5, 5.41) is 12.2. The lowest BCUT2D eigenvalue weighted by molar-refractivity contribution is -0.118. The largest absolute Gasteiger partial charge is 0.358 e. The fraction of sp³-hybridized carbons (Fsp3) is 0.545. The van der Waals surface area contributed by atoms with E-state index in [9.17, 15) is 4.79 Å². The van der Waals surface area contributed by atoms with E-state index in [1.165, 1.54) is 54.4 Å². The summed E-state index contributed by atoms with van der Waals surface area (Å²) in [5.74, 6) is 1.15. The maximum atomic E-state index is 13.3. The third-order valence-electron chi connectivity index (χ3n) is 6.61. The van der Waals surface area contributed by atoms with Gasteiger partial charge in [0, 0.05) is 34.7 Å². The molecule has 1 fully saturated rings. The van der Waals surface area contributed by atoms with Crippen molar-refractivity contribution in [2.24, 2.45) is 11.3 Å². The minimum Gasteiger partial charge on any atom is -0.358 e. The first-order valence-electron chi connectivity index (χ1n) is 10.0. The lowest BCUT2D eigenvalue weighted by Crippen LogP contribution is -2.36. The number of H-pyrrole nitrogens is 1. The average Bonchev–Trinajstić information content (AvgIpc) is 3.08. The Bertz CT molecular complexity index is 915. The number of aromatic nitrogens is 2. The van der Waals surface area contributed by atoms with E-state index >= 15 is 0 Å². The van der Waals surface area contributed by atoms with Crippen molar-refractivity contribution in [2.45, 2.75) is 64.7 Å². The Hall–Kier alpha value is -2.10. The number of anilines is 1. The summed E-state index contributed by atoms with van der Waals surface area (Å²) in [7, 11) is 0. The Balaban J connectivity index is 1.72. The normalized spacial score (nSPS) is 25.8. The van der Waals surface area contributed by atoms with Crippen LogP contribution in [-0.4, -0.2) is 16.0 Å². The number of nitrogens with zero attached hydrogens (tertiary/aromatic N) is 1. The highest BCUT2D eigenvalue weighted by Crippen LogP contribution is 2.53. The summed E-state index contributed by atoms with van der Waals surface area (Å²) in [5.41, 5.74) is 5.85. The fourth-order valence-corrected chi connectivity index (χ4v) is 5.54. The molecule has 1 aromatic carbocycles. The molecule has 2 aromatic rings. The van der Waals surface area contributed by atoms with Gasteiger partial charge < -0.3 is 5.32 Å². The Kier molecular flexibility index (Phi) is 3.53. The van der Waals surface area contributed by atoms with E-state index < -0.39 is 0 Å². The van der Waals surface area contributed by atoms with Crippen molar-refractivity contribution in [3.63, 3.8) is 0 Å². The van der Waals surface area contributed by atoms with Crippen molar-refractivity contribution >= 4 is 22.4 Å². The first kappa shape index (κ1) is 16.1. The zero-order valence-corrected chi connectivity index (χ0v) is 15.7. The minimum absolute atomic E-state index is 0.0390. The molecule has 2 heterocycles. The number of allylic oxidation sites excluding steroid dienone is 2. The van der Waals surface area contributed by atoms with Crippen molar-refractivity contribution in [1.82, 2.24) is 10.2 Å². The maximum absolute atomic E-state index is 13.3. The van der Waals surface area contributed by atoms with E-state index in [4.69, 9.17) is 0 Å². The molecular formula is C22H27N3O. The third-order valence-corrected chi connectivity index (χ3v) is 6.61. The number of fused-ring (bicyclic) bond motifs is 3. The van der Waals surface area contributed by atoms with Crippen LogP contribution >= 0.6 is 0 Å². The van der Waals surface area contributed by atoms with E-state index in [1.807, 2.05) is 6.20 Å². The fourth-order valence-electron chi connectivity index (χ4n) is 5.54. The van der Waals surface area contributed by atoms with Gasteiger partial charge in [-0.05, 0) is 48.3 Å². The van der Waals surface area contributed by atoms with Crippen LogP contribution in [0.5, 0.6) is 0 Å². The van der Waals surface area contributed by atoms with E-state index in [1.54, 1.807) is 0 Å². The highest BCUT2D eigenvalue weighted by atomic mass is 16.1. The lowest BCUT2D eigenvalue weighted by atomic mass is 9.64. The summed E-state index contributed by atoms with van der Waals surface area (Å²) in [6, 6.07) is 4.27. The van der Waals surface area contributed by atoms with Gasteiger partial charge in [0.15, 0.2) is 5.78 Å². The number of carbonyl (C=O) groups is 1. The summed E-state index contributed by atoms with van der Waals surface area (Å²) in [6.45, 7) is 4.42. The van der Waals surface area contributed by atoms with Crippen molar-refractivity contribution < 1.29 is 4.79 Å². The van der Waals surface area contributed by atoms with Gasteiger partial charge in [0.2, 0.25) is 0 Å². The summed E-state index contributed by atoms with van der Waals surface area (Å²) >= 11 is 0. The van der Waals surface area contributed by atoms with E-state index in [2.05, 4.69) is 41.5 Å². The Labute approximate surface area is 154 Å². The quantitative estimate of drug-likeness (QED) is 0.735. The molecule has 26 heavy (non-hydrogen) atoms. The summed E-state index contributed by atoms with van der Waals surface area (Å²) in [4.78, 5) is 13.3. The van der Waals surface area contributed by atoms with Gasteiger partial charge in [-0.3, -0.25) is 9.89 Å². The second-order valence-corrected chi connectivity index (χ2v) is 9.19. The van der Waals surface area contributed by atoms with Crippen molar-refractivity contribution in [1.29, 1.82) is 0 Å². The molecule has 0 saturated heterocycles. The number of rotatable bonds is 1. The van der Waals surface area contributed by atoms with Crippen LogP contribution in [0.4, 0.5) is 5.69 Å². The van der Waals surface area contributed by atoms with Crippen molar-refractivity contribution in [3.05, 3.63) is 35.2 Å². The number of carbonyl (C=O) groups excluding carboxylic acids is 1. The minimum atomic E-state index is 0.0390. The highest BCUT2D eigenvalue weighted by Gasteiger charge is 2.43. The van der Waals surface area contributed by atoms with Gasteiger partial charge in [-0.25, -0.2) is 0 Å². The topological polar surface area (TPSA) is 57.8 Å². The Morgan fingerprint density at radius 3 is 2.73 bits per heavy atom. The molecule has 4 heteroatoms. The Morgan fingerprint density at radius 2 is 1.92 bits per heavy atom. The predicted molar refractivity (Wildman–Crippen MR) is 104 cm³/mol. The number of aromatic amines is 1. The molecule has 1 aliphatic heterocycles. The molecule has 1 aromatic heterocycles. The maximum Gasteiger partial charge on any atom is 0.161 e. The molecule has 2 aliphatic carbocycles. The molecule has 4 nitrogen and oxygen atoms in total. The molecule has 0 amide bonds. The molecule has 1 atom stereocenters. The summed E-state index contributed by atoms with van der Waals surface area (Å²) < 4.78 is 0. The van der Waals surface area contributed by atoms with Crippen LogP contribution in [0.1, 0.15) is 70.3 Å². The zero-order valence-electron chi connectivity index (χ0n) is 15.7. The lowest BCUT2D eigenvalue weighted by Gasteiger charge is -2.43. The molecule has 2 N–H and O–H groups in total. The molecule has 0 spiro atoms. The smallest absolute Gasteiger partial charge is 0.161 e. The molecule has 0 bridgehead atoms. The molecular weight excluding hydrogens is 322 g/mol. The number of hydrogen-bond donors (Lipinski definition) is 2. The second kappa shape index (κ2) is 5.70. The first-order valence-corrected chi connectivity index (χ1v) is 10.0. The molecule has 1 saturated carbocycles. The van der Waals surface area contributed by atoms with Gasteiger partial charge in [-0.1, -0.05) is 33.1 Å². The number of nitrogens with one attached hydrogen (secondary N) is 2. The van der Waals surface area contributed by atoms with Gasteiger partial charge in [0.25, 0.3) is 0 Å². The first-order chi connectivity index (χ1) is 12.5. The van der Waals surface area contributed by atoms with E-state index in [0.29, 0.717) is 18.1 Å². The standard InChI is InChI=1S/C22H27N3O/c1-22(2)10-17-21(18(26)11-22)19(13-6-4-3-5-7-13)20-14-12-23-25-15(14)8-9-16(20)24-17/h8-9,12-13,19,24H,3-7,10-11H2,1-2H3,(H,23,25)/t19-/m1/s1. The predicted octanol–water partition coefficient (Wildman–Crippen LogP) is 5.30. The van der Waals surface area contributed by atoms with Crippen molar-refractivity contribution in [2.75, 3.05) is 5.32 Å². The average molecular weight is 349 g/mol. The second-order valence-electron chi connectivity index (χ2n) is 9.19. The van der Waals surface area contributed by atoms with Gasteiger partial charge >= 0.3 is 0 Å². The van der Waals surface area contributed by atoms with Gasteiger partial charge in [-0.15, -0.1) is 0 Å². The molecule has 0 unspecified atom stereocenters. The van der Waals surface area contributed by atoms with Gasteiger partial charge in [0.1, 0.15) is 0 Å². The number of Topliss-reactive ketones (excluding diaryl/α,β-unsaturated/α-hetero) is 1. The van der Waals surface area contributed by atoms with Crippen LogP contribution in [0, 0.1) is 11.3 Å². The number of ketones is 1. The highest BCUT2D eigenvalue weighted by molar-refractivity contribution is 6.03. The van der Waals surface area contributed by atoms with Crippen LogP contribution in [0.3, 0.4) is 0 Å². The molecule has 5 rings (SSSR count). The Morgan fingerprint density at radius 1 is 1.12 bits per heavy atom. The summed E-state index contributed by atoms with van der Waals surface area (Å²) in [6.07, 6.45) is 9.91. The molecule has 136 valence electrons. The molecule has 0 radical (unpaired) electrons. The van der Waals surface area contributed by atoms with Crippen molar-refractivity contribution in [3.8, 4) is 0 Å². The SMILES string of the molecule is CC1(C)CC(=O)C2=C(C1)Nc1ccc3[nH]ncc3c1[C@H]2C1CCCCC1. The third kappa shape index (κ3) is 2.42. The molecule has 3 aliphatic rings. The van der Waals surface area contributed by atoms with E-state index in [-0.39, 0.29) is 11.3 Å². The van der Waals surface area contributed by atoms with E-state index in [0.717, 1.165) is 17.5 Å². The number of benzene rings is 1. The monoisotopic (exact) mass is 349 g/mol. The zero-order chi connectivity index (χ0) is 17.9. The van der Waals surface area contributed by atoms with Crippen LogP contribution in [0.2, 0.25) is 0 Å². The van der Waals surface area contributed by atoms with Crippen LogP contribution < -0.4 is 5.32 Å². The van der Waals surface area contributed by atoms with Crippen LogP contribution in [0.15, 0.2) is 29.6 Å². The number of hydrogen-bond acceptors (Lipinski definition) is 3. The van der Waals surface area contributed by atoms with Crippen LogP contribution in [-0.2, 0) is 4.79 Å². The van der Waals surface area contributed by atoms with Gasteiger partial charge in [0.05, 0.1) is 11.7 Å².